The molecule has 1 rings (SSSR count). The predicted molar refractivity (Wildman–Crippen MR) is 49.3 cm³/mol. The van der Waals surface area contributed by atoms with Crippen LogP contribution in [0.25, 0.3) is 0 Å². The maximum Gasteiger partial charge on any atom is 0.108 e. The van der Waals surface area contributed by atoms with Crippen molar-refractivity contribution in [3.05, 3.63) is 23.8 Å². The average molecular weight is 152 g/mol. The summed E-state index contributed by atoms with van der Waals surface area (Å²) in [5.74, 6) is 0. The van der Waals surface area contributed by atoms with E-state index in [-0.39, 0.29) is 0 Å². The Hall–Kier alpha value is -0.560. The quantitative estimate of drug-likeness (QED) is 0.531. The number of rotatable bonds is 2. The predicted octanol–water partition coefficient (Wildman–Crippen LogP) is 1.97. The molecule has 0 aliphatic heterocycles. The van der Waals surface area contributed by atoms with Crippen LogP contribution in [0.15, 0.2) is 23.8 Å². The summed E-state index contributed by atoms with van der Waals surface area (Å²) in [4.78, 5) is 0. The lowest BCUT2D eigenvalue weighted by Gasteiger charge is -2.32. The summed E-state index contributed by atoms with van der Waals surface area (Å²) < 4.78 is 1.02. The second kappa shape index (κ2) is 2.82. The molecule has 0 saturated carbocycles. The van der Waals surface area contributed by atoms with Gasteiger partial charge in [0.25, 0.3) is 0 Å². The van der Waals surface area contributed by atoms with Gasteiger partial charge in [0.05, 0.1) is 21.1 Å². The summed E-state index contributed by atoms with van der Waals surface area (Å²) in [6, 6.07) is 0.644. The van der Waals surface area contributed by atoms with Crippen LogP contribution < -0.4 is 0 Å². The van der Waals surface area contributed by atoms with Crippen LogP contribution in [0.5, 0.6) is 0 Å². The monoisotopic (exact) mass is 152 g/mol. The Kier molecular flexibility index (Phi) is 2.19. The first-order valence-corrected chi connectivity index (χ1v) is 4.18. The van der Waals surface area contributed by atoms with Crippen LogP contribution in [0.3, 0.4) is 0 Å². The minimum Gasteiger partial charge on any atom is -0.325 e. The molecule has 62 valence electrons. The van der Waals surface area contributed by atoms with Crippen LogP contribution in [0, 0.1) is 0 Å². The van der Waals surface area contributed by atoms with E-state index in [1.165, 1.54) is 0 Å². The molecule has 0 unspecified atom stereocenters. The van der Waals surface area contributed by atoms with Crippen molar-refractivity contribution in [3.63, 3.8) is 0 Å². The molecule has 0 radical (unpaired) electrons. The highest BCUT2D eigenvalue weighted by Crippen LogP contribution is 2.20. The molecule has 1 aliphatic carbocycles. The van der Waals surface area contributed by atoms with Crippen molar-refractivity contribution in [3.8, 4) is 0 Å². The van der Waals surface area contributed by atoms with Crippen LogP contribution in [0.2, 0.25) is 0 Å². The van der Waals surface area contributed by atoms with E-state index in [1.807, 2.05) is 0 Å². The summed E-state index contributed by atoms with van der Waals surface area (Å²) in [7, 11) is 6.72. The normalized spacial score (nSPS) is 20.2. The van der Waals surface area contributed by atoms with Gasteiger partial charge in [-0.25, -0.2) is 0 Å². The molecule has 0 saturated heterocycles. The Morgan fingerprint density at radius 3 is 2.36 bits per heavy atom. The lowest BCUT2D eigenvalue weighted by molar-refractivity contribution is -0.888. The van der Waals surface area contributed by atoms with Crippen molar-refractivity contribution < 1.29 is 4.48 Å². The zero-order valence-corrected chi connectivity index (χ0v) is 7.96. The maximum atomic E-state index is 2.29. The lowest BCUT2D eigenvalue weighted by Crippen LogP contribution is -2.44. The van der Waals surface area contributed by atoms with Crippen molar-refractivity contribution in [1.29, 1.82) is 0 Å². The summed E-state index contributed by atoms with van der Waals surface area (Å²) in [5, 5.41) is 0. The van der Waals surface area contributed by atoms with Crippen LogP contribution in [0.4, 0.5) is 0 Å². The first-order valence-electron chi connectivity index (χ1n) is 4.18. The Labute approximate surface area is 69.6 Å². The fourth-order valence-electron chi connectivity index (χ4n) is 1.27. The van der Waals surface area contributed by atoms with Gasteiger partial charge in [-0.05, 0) is 18.9 Å². The Morgan fingerprint density at radius 2 is 2.00 bits per heavy atom. The molecule has 0 fully saturated rings. The van der Waals surface area contributed by atoms with E-state index in [0.29, 0.717) is 6.04 Å². The van der Waals surface area contributed by atoms with Gasteiger partial charge in [-0.1, -0.05) is 18.2 Å². The van der Waals surface area contributed by atoms with Crippen molar-refractivity contribution in [2.75, 3.05) is 21.1 Å². The molecule has 0 bridgehead atoms. The molecule has 11 heavy (non-hydrogen) atoms. The fraction of sp³-hybridized carbons (Fsp3) is 0.600. The van der Waals surface area contributed by atoms with E-state index in [1.54, 1.807) is 5.57 Å². The number of nitrogens with zero attached hydrogens (tertiary/aromatic N) is 1. The second-order valence-electron chi connectivity index (χ2n) is 4.17. The molecule has 1 heteroatoms. The van der Waals surface area contributed by atoms with E-state index in [4.69, 9.17) is 0 Å². The molecule has 0 aromatic rings. The van der Waals surface area contributed by atoms with Crippen molar-refractivity contribution >= 4 is 0 Å². The average Bonchev–Trinajstić information content (AvgIpc) is 2.34. The summed E-state index contributed by atoms with van der Waals surface area (Å²) in [5.41, 5.74) is 1.55. The van der Waals surface area contributed by atoms with Gasteiger partial charge in [0.15, 0.2) is 0 Å². The molecule has 1 aliphatic rings. The minimum atomic E-state index is 0.644. The van der Waals surface area contributed by atoms with E-state index >= 15 is 0 Å². The van der Waals surface area contributed by atoms with Crippen molar-refractivity contribution in [2.45, 2.75) is 19.4 Å². The SMILES string of the molecule is C[C@H](C1=CC=CC1)[N+](C)(C)C. The molecule has 0 heterocycles. The Balaban J connectivity index is 2.62. The lowest BCUT2D eigenvalue weighted by atomic mass is 10.1. The minimum absolute atomic E-state index is 0.644. The fourth-order valence-corrected chi connectivity index (χ4v) is 1.27. The van der Waals surface area contributed by atoms with Gasteiger partial charge in [-0.2, -0.15) is 0 Å². The van der Waals surface area contributed by atoms with Crippen LogP contribution in [-0.4, -0.2) is 31.7 Å². The summed E-state index contributed by atoms with van der Waals surface area (Å²) >= 11 is 0. The third kappa shape index (κ3) is 1.93. The van der Waals surface area contributed by atoms with Crippen LogP contribution >= 0.6 is 0 Å². The van der Waals surface area contributed by atoms with Gasteiger partial charge in [0, 0.05) is 0 Å². The molecular formula is C10H18N+. The second-order valence-corrected chi connectivity index (χ2v) is 4.17. The maximum absolute atomic E-state index is 2.29. The Bertz CT molecular complexity index is 193. The van der Waals surface area contributed by atoms with Gasteiger partial charge in [0.2, 0.25) is 0 Å². The standard InChI is InChI=1S/C10H18N/c1-9(11(2,3)4)10-7-5-6-8-10/h5-7,9H,8H2,1-4H3/q+1/t9-/m1/s1. The van der Waals surface area contributed by atoms with Crippen LogP contribution in [0.1, 0.15) is 13.3 Å². The van der Waals surface area contributed by atoms with Gasteiger partial charge < -0.3 is 4.48 Å². The summed E-state index contributed by atoms with van der Waals surface area (Å²) in [6.45, 7) is 2.29. The molecule has 1 nitrogen and oxygen atoms in total. The summed E-state index contributed by atoms with van der Waals surface area (Å²) in [6.07, 6.45) is 7.77. The molecule has 0 N–H and O–H groups in total. The highest BCUT2D eigenvalue weighted by molar-refractivity contribution is 5.25. The van der Waals surface area contributed by atoms with E-state index in [0.717, 1.165) is 10.9 Å². The zero-order chi connectivity index (χ0) is 8.48. The highest BCUT2D eigenvalue weighted by atomic mass is 15.3. The van der Waals surface area contributed by atoms with Crippen molar-refractivity contribution in [2.24, 2.45) is 0 Å². The molecule has 1 atom stereocenters. The first-order chi connectivity index (χ1) is 5.02. The topological polar surface area (TPSA) is 0 Å². The number of allylic oxidation sites excluding steroid dienone is 3. The zero-order valence-electron chi connectivity index (χ0n) is 7.96. The number of likely N-dealkylation sites (N-methyl/N-ethyl adjacent to an activating group) is 1. The van der Waals surface area contributed by atoms with Gasteiger partial charge >= 0.3 is 0 Å². The molecule has 0 amide bonds. The third-order valence-corrected chi connectivity index (χ3v) is 2.50. The van der Waals surface area contributed by atoms with Gasteiger partial charge in [0.1, 0.15) is 6.04 Å². The van der Waals surface area contributed by atoms with Gasteiger partial charge in [-0.15, -0.1) is 0 Å². The van der Waals surface area contributed by atoms with E-state index in [9.17, 15) is 0 Å². The first kappa shape index (κ1) is 8.54. The van der Waals surface area contributed by atoms with Gasteiger partial charge in [-0.3, -0.25) is 0 Å². The number of hydrogen-bond acceptors (Lipinski definition) is 0. The van der Waals surface area contributed by atoms with E-state index < -0.39 is 0 Å². The third-order valence-electron chi connectivity index (χ3n) is 2.50. The number of hydrogen-bond donors (Lipinski definition) is 0. The van der Waals surface area contributed by atoms with E-state index in [2.05, 4.69) is 46.3 Å². The van der Waals surface area contributed by atoms with Crippen LogP contribution in [-0.2, 0) is 0 Å². The molecule has 0 aromatic heterocycles. The van der Waals surface area contributed by atoms with Crippen molar-refractivity contribution in [1.82, 2.24) is 0 Å². The largest absolute Gasteiger partial charge is 0.325 e. The molecular weight excluding hydrogens is 134 g/mol. The molecule has 0 aromatic carbocycles. The highest BCUT2D eigenvalue weighted by Gasteiger charge is 2.22. The smallest absolute Gasteiger partial charge is 0.108 e. The number of quaternary nitrogens is 1. The Morgan fingerprint density at radius 1 is 1.36 bits per heavy atom. The molecule has 0 spiro atoms.